The van der Waals surface area contributed by atoms with Crippen LogP contribution in [0.1, 0.15) is 19.8 Å². The molecule has 1 atom stereocenters. The first-order valence-electron chi connectivity index (χ1n) is 5.45. The van der Waals surface area contributed by atoms with Crippen molar-refractivity contribution in [3.8, 4) is 0 Å². The third-order valence-electron chi connectivity index (χ3n) is 2.39. The maximum absolute atomic E-state index is 11.9. The summed E-state index contributed by atoms with van der Waals surface area (Å²) in [5.41, 5.74) is 0. The van der Waals surface area contributed by atoms with Gasteiger partial charge in [-0.1, -0.05) is 30.1 Å². The first-order chi connectivity index (χ1) is 8.36. The van der Waals surface area contributed by atoms with E-state index in [0.29, 0.717) is 18.0 Å². The lowest BCUT2D eigenvalue weighted by atomic mass is 10.2. The molecule has 7 heteroatoms. The van der Waals surface area contributed by atoms with Crippen molar-refractivity contribution in [2.75, 3.05) is 6.54 Å². The van der Waals surface area contributed by atoms with Crippen LogP contribution in [0.2, 0.25) is 10.0 Å². The fraction of sp³-hybridized carbons (Fsp3) is 0.455. The maximum Gasteiger partial charge on any atom is 0.240 e. The van der Waals surface area contributed by atoms with Crippen molar-refractivity contribution >= 4 is 44.8 Å². The molecule has 0 saturated carbocycles. The van der Waals surface area contributed by atoms with E-state index in [0.717, 1.165) is 6.42 Å². The van der Waals surface area contributed by atoms with Crippen LogP contribution in [-0.4, -0.2) is 20.3 Å². The van der Waals surface area contributed by atoms with E-state index in [2.05, 4.69) is 4.72 Å². The molecule has 0 amide bonds. The third-order valence-corrected chi connectivity index (χ3v) is 5.12. The Morgan fingerprint density at radius 2 is 1.94 bits per heavy atom. The number of hydrogen-bond acceptors (Lipinski definition) is 2. The molecule has 0 aliphatic rings. The monoisotopic (exact) mass is 329 g/mol. The Hall–Kier alpha value is -0.000000000000000111. The molecule has 0 fully saturated rings. The molecule has 1 aromatic rings. The minimum absolute atomic E-state index is 0.0264. The van der Waals surface area contributed by atoms with Crippen molar-refractivity contribution in [3.63, 3.8) is 0 Å². The highest BCUT2D eigenvalue weighted by atomic mass is 35.5. The fourth-order valence-corrected chi connectivity index (χ4v) is 2.83. The van der Waals surface area contributed by atoms with Gasteiger partial charge in [-0.2, -0.15) is 0 Å². The van der Waals surface area contributed by atoms with E-state index in [1.807, 2.05) is 6.92 Å². The van der Waals surface area contributed by atoms with Crippen LogP contribution < -0.4 is 4.72 Å². The number of hydrogen-bond donors (Lipinski definition) is 1. The molecule has 1 rings (SSSR count). The van der Waals surface area contributed by atoms with Crippen LogP contribution in [0.15, 0.2) is 23.1 Å². The van der Waals surface area contributed by atoms with Crippen molar-refractivity contribution in [1.82, 2.24) is 4.72 Å². The number of rotatable bonds is 6. The van der Waals surface area contributed by atoms with Gasteiger partial charge >= 0.3 is 0 Å². The van der Waals surface area contributed by atoms with Crippen LogP contribution in [0.4, 0.5) is 0 Å². The van der Waals surface area contributed by atoms with Crippen LogP contribution in [-0.2, 0) is 10.0 Å². The summed E-state index contributed by atoms with van der Waals surface area (Å²) in [5.74, 6) is 0. The zero-order valence-corrected chi connectivity index (χ0v) is 12.9. The zero-order chi connectivity index (χ0) is 13.8. The Balaban J connectivity index is 2.71. The number of alkyl halides is 1. The average Bonchev–Trinajstić information content (AvgIpc) is 2.32. The summed E-state index contributed by atoms with van der Waals surface area (Å²) in [5, 5.41) is 0.507. The molecule has 1 N–H and O–H groups in total. The van der Waals surface area contributed by atoms with Gasteiger partial charge in [0.25, 0.3) is 0 Å². The van der Waals surface area contributed by atoms with Crippen molar-refractivity contribution in [2.24, 2.45) is 0 Å². The van der Waals surface area contributed by atoms with E-state index in [4.69, 9.17) is 34.8 Å². The SMILES string of the molecule is CCC(Cl)CCNS(=O)(=O)c1ccc(Cl)c(Cl)c1. The molecule has 3 nitrogen and oxygen atoms in total. The molecule has 1 unspecified atom stereocenters. The van der Waals surface area contributed by atoms with Gasteiger partial charge in [0.1, 0.15) is 0 Å². The van der Waals surface area contributed by atoms with Crippen LogP contribution in [0.5, 0.6) is 0 Å². The maximum atomic E-state index is 11.9. The van der Waals surface area contributed by atoms with Gasteiger partial charge in [0, 0.05) is 11.9 Å². The van der Waals surface area contributed by atoms with Gasteiger partial charge in [-0.15, -0.1) is 11.6 Å². The van der Waals surface area contributed by atoms with Gasteiger partial charge in [0.05, 0.1) is 14.9 Å². The van der Waals surface area contributed by atoms with Crippen molar-refractivity contribution in [2.45, 2.75) is 30.0 Å². The minimum atomic E-state index is -3.56. The van der Waals surface area contributed by atoms with Gasteiger partial charge in [0.15, 0.2) is 0 Å². The third kappa shape index (κ3) is 4.59. The predicted molar refractivity (Wildman–Crippen MR) is 76.2 cm³/mol. The second-order valence-corrected chi connectivity index (χ2v) is 6.97. The van der Waals surface area contributed by atoms with E-state index < -0.39 is 10.0 Å². The topological polar surface area (TPSA) is 46.2 Å². The molecule has 0 saturated heterocycles. The average molecular weight is 331 g/mol. The highest BCUT2D eigenvalue weighted by molar-refractivity contribution is 7.89. The molecule has 0 aromatic heterocycles. The lowest BCUT2D eigenvalue weighted by Crippen LogP contribution is -2.26. The van der Waals surface area contributed by atoms with Crippen LogP contribution in [0.25, 0.3) is 0 Å². The van der Waals surface area contributed by atoms with E-state index in [9.17, 15) is 8.42 Å². The van der Waals surface area contributed by atoms with Crippen molar-refractivity contribution in [3.05, 3.63) is 28.2 Å². The summed E-state index contributed by atoms with van der Waals surface area (Å²) in [7, 11) is -3.56. The quantitative estimate of drug-likeness (QED) is 0.809. The molecule has 0 bridgehead atoms. The Labute approximate surface area is 122 Å². The normalized spacial score (nSPS) is 13.6. The molecule has 1 aromatic carbocycles. The Morgan fingerprint density at radius 1 is 1.28 bits per heavy atom. The van der Waals surface area contributed by atoms with Gasteiger partial charge < -0.3 is 0 Å². The van der Waals surface area contributed by atoms with Gasteiger partial charge in [-0.25, -0.2) is 13.1 Å². The number of benzene rings is 1. The number of nitrogens with one attached hydrogen (secondary N) is 1. The second-order valence-electron chi connectivity index (χ2n) is 3.77. The van der Waals surface area contributed by atoms with E-state index in [1.54, 1.807) is 0 Å². The fourth-order valence-electron chi connectivity index (χ4n) is 1.28. The summed E-state index contributed by atoms with van der Waals surface area (Å²) >= 11 is 17.4. The van der Waals surface area contributed by atoms with Gasteiger partial charge in [0.2, 0.25) is 10.0 Å². The summed E-state index contributed by atoms with van der Waals surface area (Å²) in [6, 6.07) is 4.19. The van der Waals surface area contributed by atoms with Crippen molar-refractivity contribution < 1.29 is 8.42 Å². The number of halogens is 3. The molecule has 0 radical (unpaired) electrons. The molecule has 102 valence electrons. The molecule has 0 aliphatic heterocycles. The lowest BCUT2D eigenvalue weighted by molar-refractivity contribution is 0.576. The first kappa shape index (κ1) is 16.1. The Morgan fingerprint density at radius 3 is 2.50 bits per heavy atom. The highest BCUT2D eigenvalue weighted by Crippen LogP contribution is 2.24. The van der Waals surface area contributed by atoms with Crippen molar-refractivity contribution in [1.29, 1.82) is 0 Å². The second kappa shape index (κ2) is 6.96. The molecular formula is C11H14Cl3NO2S. The van der Waals surface area contributed by atoms with Crippen LogP contribution in [0, 0.1) is 0 Å². The highest BCUT2D eigenvalue weighted by Gasteiger charge is 2.15. The Bertz CT molecular complexity index is 505. The summed E-state index contributed by atoms with van der Waals surface area (Å²) in [4.78, 5) is 0.0968. The zero-order valence-electron chi connectivity index (χ0n) is 9.79. The number of sulfonamides is 1. The molecule has 18 heavy (non-hydrogen) atoms. The first-order valence-corrected chi connectivity index (χ1v) is 8.13. The standard InChI is InChI=1S/C11H14Cl3NO2S/c1-2-8(12)5-6-15-18(16,17)9-3-4-10(13)11(14)7-9/h3-4,7-8,15H,2,5-6H2,1H3. The largest absolute Gasteiger partial charge is 0.240 e. The van der Waals surface area contributed by atoms with Crippen LogP contribution in [0.3, 0.4) is 0 Å². The van der Waals surface area contributed by atoms with Gasteiger partial charge in [-0.3, -0.25) is 0 Å². The molecule has 0 spiro atoms. The summed E-state index contributed by atoms with van der Waals surface area (Å²) < 4.78 is 26.3. The minimum Gasteiger partial charge on any atom is -0.211 e. The summed E-state index contributed by atoms with van der Waals surface area (Å²) in [6.45, 7) is 2.25. The smallest absolute Gasteiger partial charge is 0.211 e. The van der Waals surface area contributed by atoms with E-state index in [1.165, 1.54) is 18.2 Å². The predicted octanol–water partition coefficient (Wildman–Crippen LogP) is 3.68. The summed E-state index contributed by atoms with van der Waals surface area (Å²) in [6.07, 6.45) is 1.38. The Kier molecular flexibility index (Phi) is 6.21. The van der Waals surface area contributed by atoms with E-state index in [-0.39, 0.29) is 15.3 Å². The van der Waals surface area contributed by atoms with Crippen LogP contribution >= 0.6 is 34.8 Å². The molecular weight excluding hydrogens is 317 g/mol. The van der Waals surface area contributed by atoms with E-state index >= 15 is 0 Å². The lowest BCUT2D eigenvalue weighted by Gasteiger charge is -2.09. The van der Waals surface area contributed by atoms with Gasteiger partial charge in [-0.05, 0) is 31.0 Å². The molecule has 0 aliphatic carbocycles. The molecule has 0 heterocycles.